The van der Waals surface area contributed by atoms with Crippen LogP contribution in [0.1, 0.15) is 0 Å². The molecule has 0 spiro atoms. The summed E-state index contributed by atoms with van der Waals surface area (Å²) >= 11 is 0. The number of pyridine rings is 2. The van der Waals surface area contributed by atoms with Crippen LogP contribution in [0.5, 0.6) is 0 Å². The monoisotopic (exact) mass is 128 g/mol. The average molecular weight is 128 g/mol. The fourth-order valence-corrected chi connectivity index (χ4v) is 0.801. The number of aromatic nitrogens is 2. The smallest absolute Gasteiger partial charge is 0.159 e. The van der Waals surface area contributed by atoms with E-state index >= 15 is 0 Å². The van der Waals surface area contributed by atoms with Crippen LogP contribution in [-0.4, -0.2) is 9.97 Å². The number of nitrogens with zero attached hydrogens (tertiary/aromatic N) is 2. The van der Waals surface area contributed by atoms with Crippen LogP contribution in [0, 0.1) is 12.1 Å². The summed E-state index contributed by atoms with van der Waals surface area (Å²) in [7, 11) is 0. The Labute approximate surface area is 58.6 Å². The molecule has 0 N–H and O–H groups in total. The van der Waals surface area contributed by atoms with E-state index in [1.54, 1.807) is 12.4 Å². The lowest BCUT2D eigenvalue weighted by Crippen LogP contribution is -1.79. The van der Waals surface area contributed by atoms with E-state index in [1.807, 2.05) is 12.1 Å². The van der Waals surface area contributed by atoms with Crippen molar-refractivity contribution in [2.24, 2.45) is 0 Å². The van der Waals surface area contributed by atoms with Crippen molar-refractivity contribution in [2.75, 3.05) is 0 Å². The Bertz CT molecular complexity index is 278. The maximum atomic E-state index is 4.02. The third-order valence-electron chi connectivity index (χ3n) is 1.24. The zero-order chi connectivity index (χ0) is 6.81. The van der Waals surface area contributed by atoms with Crippen LogP contribution in [0.2, 0.25) is 0 Å². The summed E-state index contributed by atoms with van der Waals surface area (Å²) in [6.45, 7) is 0. The first-order valence-electron chi connectivity index (χ1n) is 2.96. The van der Waals surface area contributed by atoms with Crippen molar-refractivity contribution in [2.45, 2.75) is 0 Å². The molecular weight excluding hydrogens is 124 g/mol. The molecule has 2 aromatic rings. The van der Waals surface area contributed by atoms with Crippen LogP contribution in [-0.2, 0) is 0 Å². The first-order valence-corrected chi connectivity index (χ1v) is 2.96. The number of hydrogen-bond donors (Lipinski definition) is 0. The van der Waals surface area contributed by atoms with Gasteiger partial charge >= 0.3 is 0 Å². The summed E-state index contributed by atoms with van der Waals surface area (Å²) < 4.78 is 0. The van der Waals surface area contributed by atoms with E-state index in [2.05, 4.69) is 22.1 Å². The normalized spacial score (nSPS) is 10.0. The lowest BCUT2D eigenvalue weighted by atomic mass is 10.3. The highest BCUT2D eigenvalue weighted by molar-refractivity contribution is 5.72. The van der Waals surface area contributed by atoms with Crippen molar-refractivity contribution >= 4 is 11.0 Å². The van der Waals surface area contributed by atoms with Gasteiger partial charge in [-0.15, -0.1) is 0 Å². The van der Waals surface area contributed by atoms with Gasteiger partial charge in [-0.05, 0) is 12.1 Å². The molecule has 2 heterocycles. The Balaban J connectivity index is 2.89. The van der Waals surface area contributed by atoms with Gasteiger partial charge in [-0.1, -0.05) is 0 Å². The van der Waals surface area contributed by atoms with Crippen molar-refractivity contribution in [3.05, 3.63) is 36.7 Å². The van der Waals surface area contributed by atoms with Crippen molar-refractivity contribution in [3.8, 4) is 0 Å². The van der Waals surface area contributed by atoms with E-state index in [0.29, 0.717) is 0 Å². The van der Waals surface area contributed by atoms with Gasteiger partial charge in [-0.3, -0.25) is 0 Å². The van der Waals surface area contributed by atoms with Crippen LogP contribution < -0.4 is 0 Å². The Morgan fingerprint density at radius 2 is 2.30 bits per heavy atom. The van der Waals surface area contributed by atoms with Crippen molar-refractivity contribution in [3.63, 3.8) is 0 Å². The van der Waals surface area contributed by atoms with Gasteiger partial charge in [0, 0.05) is 29.9 Å². The average Bonchev–Trinajstić information content (AvgIpc) is 2.05. The molecule has 0 unspecified atom stereocenters. The van der Waals surface area contributed by atoms with Gasteiger partial charge in [0.05, 0.1) is 0 Å². The van der Waals surface area contributed by atoms with Gasteiger partial charge in [0.1, 0.15) is 0 Å². The molecule has 0 amide bonds. The Morgan fingerprint density at radius 1 is 1.30 bits per heavy atom. The highest BCUT2D eigenvalue weighted by Gasteiger charge is 1.89. The molecule has 0 aromatic carbocycles. The summed E-state index contributed by atoms with van der Waals surface area (Å²) in [6, 6.07) is 9.42. The highest BCUT2D eigenvalue weighted by Crippen LogP contribution is 2.03. The van der Waals surface area contributed by atoms with Crippen molar-refractivity contribution in [1.29, 1.82) is 0 Å². The van der Waals surface area contributed by atoms with Gasteiger partial charge in [0.25, 0.3) is 0 Å². The molecule has 0 bridgehead atoms. The van der Waals surface area contributed by atoms with Gasteiger partial charge in [-0.2, -0.15) is 0 Å². The van der Waals surface area contributed by atoms with E-state index in [9.17, 15) is 0 Å². The van der Waals surface area contributed by atoms with E-state index in [4.69, 9.17) is 0 Å². The molecule has 2 nitrogen and oxygen atoms in total. The predicted molar refractivity (Wildman–Crippen MR) is 37.2 cm³/mol. The van der Waals surface area contributed by atoms with Crippen LogP contribution >= 0.6 is 0 Å². The minimum Gasteiger partial charge on any atom is -0.237 e. The molecule has 2 radical (unpaired) electrons. The zero-order valence-corrected chi connectivity index (χ0v) is 5.20. The molecule has 0 aliphatic heterocycles. The van der Waals surface area contributed by atoms with Crippen molar-refractivity contribution < 1.29 is 0 Å². The number of hydrogen-bond acceptors (Lipinski definition) is 2. The van der Waals surface area contributed by atoms with E-state index < -0.39 is 0 Å². The van der Waals surface area contributed by atoms with Gasteiger partial charge in [0.2, 0.25) is 0 Å². The summed E-state index contributed by atoms with van der Waals surface area (Å²) in [6.07, 6.45) is 3.28. The standard InChI is InChI=1S/C8H4N2/c1-3-7-4-2-6-10-8(7)9-5-1/h1,3,5-6H. The third kappa shape index (κ3) is 0.739. The first kappa shape index (κ1) is 5.35. The first-order chi connectivity index (χ1) is 4.97. The maximum Gasteiger partial charge on any atom is 0.159 e. The summed E-state index contributed by atoms with van der Waals surface area (Å²) in [5.74, 6) is 0. The topological polar surface area (TPSA) is 25.8 Å². The molecule has 2 aromatic heterocycles. The fourth-order valence-electron chi connectivity index (χ4n) is 0.801. The Morgan fingerprint density at radius 3 is 3.20 bits per heavy atom. The molecule has 0 saturated heterocycles. The third-order valence-corrected chi connectivity index (χ3v) is 1.24. The van der Waals surface area contributed by atoms with Gasteiger partial charge in [-0.25, -0.2) is 9.97 Å². The van der Waals surface area contributed by atoms with Gasteiger partial charge < -0.3 is 0 Å². The Kier molecular flexibility index (Phi) is 1.10. The van der Waals surface area contributed by atoms with E-state index in [1.165, 1.54) is 0 Å². The van der Waals surface area contributed by atoms with Crippen LogP contribution in [0.25, 0.3) is 11.0 Å². The maximum absolute atomic E-state index is 4.02. The van der Waals surface area contributed by atoms with Gasteiger partial charge in [0.15, 0.2) is 5.65 Å². The second-order valence-electron chi connectivity index (χ2n) is 1.90. The van der Waals surface area contributed by atoms with Crippen LogP contribution in [0.3, 0.4) is 0 Å². The van der Waals surface area contributed by atoms with Crippen LogP contribution in [0.4, 0.5) is 0 Å². The zero-order valence-electron chi connectivity index (χ0n) is 5.20. The molecule has 2 rings (SSSR count). The molecule has 2 heteroatoms. The highest BCUT2D eigenvalue weighted by atomic mass is 14.8. The minimum absolute atomic E-state index is 0.723. The molecule has 0 saturated carbocycles. The molecule has 0 aliphatic rings. The number of rotatable bonds is 0. The summed E-state index contributed by atoms with van der Waals surface area (Å²) in [5.41, 5.74) is 0.723. The summed E-state index contributed by atoms with van der Waals surface area (Å²) in [4.78, 5) is 8.00. The minimum atomic E-state index is 0.723. The lowest BCUT2D eigenvalue weighted by molar-refractivity contribution is 1.28. The number of fused-ring (bicyclic) bond motifs is 1. The molecular formula is C8H4N2. The second kappa shape index (κ2) is 2.06. The Hall–Kier alpha value is -1.44. The van der Waals surface area contributed by atoms with Crippen LogP contribution in [0.15, 0.2) is 24.5 Å². The van der Waals surface area contributed by atoms with E-state index in [0.717, 1.165) is 11.0 Å². The van der Waals surface area contributed by atoms with E-state index in [-0.39, 0.29) is 0 Å². The molecule has 10 heavy (non-hydrogen) atoms. The molecule has 46 valence electrons. The predicted octanol–water partition coefficient (Wildman–Crippen LogP) is 1.23. The fraction of sp³-hybridized carbons (Fsp3) is 0. The second-order valence-corrected chi connectivity index (χ2v) is 1.90. The SMILES string of the molecule is [c]1[c]c2cccnc2nc1. The lowest BCUT2D eigenvalue weighted by Gasteiger charge is -1.89. The summed E-state index contributed by atoms with van der Waals surface area (Å²) in [5, 5.41) is 0.907. The molecule has 0 fully saturated rings. The molecule has 0 atom stereocenters. The molecule has 0 aliphatic carbocycles. The van der Waals surface area contributed by atoms with Crippen molar-refractivity contribution in [1.82, 2.24) is 9.97 Å². The largest absolute Gasteiger partial charge is 0.237 e. The quantitative estimate of drug-likeness (QED) is 0.533.